The summed E-state index contributed by atoms with van der Waals surface area (Å²) in [5, 5.41) is 12.1. The minimum absolute atomic E-state index is 0.0903. The number of hydrogen-bond donors (Lipinski definition) is 2. The molecule has 1 amide bonds. The van der Waals surface area contributed by atoms with Crippen molar-refractivity contribution in [2.75, 3.05) is 6.61 Å². The predicted molar refractivity (Wildman–Crippen MR) is 97.0 cm³/mol. The fourth-order valence-corrected chi connectivity index (χ4v) is 4.65. The first kappa shape index (κ1) is 16.9. The molecule has 0 saturated heterocycles. The fraction of sp³-hybridized carbons (Fsp3) is 0.429. The van der Waals surface area contributed by atoms with Crippen LogP contribution in [0.3, 0.4) is 0 Å². The second-order valence-electron chi connectivity index (χ2n) is 7.43. The van der Waals surface area contributed by atoms with Crippen molar-refractivity contribution in [3.05, 3.63) is 59.7 Å². The molecule has 0 aromatic heterocycles. The molecule has 1 fully saturated rings. The van der Waals surface area contributed by atoms with Crippen LogP contribution in [0.2, 0.25) is 0 Å². The zero-order chi connectivity index (χ0) is 18.1. The first-order valence-electron chi connectivity index (χ1n) is 9.23. The highest BCUT2D eigenvalue weighted by molar-refractivity contribution is 5.84. The lowest BCUT2D eigenvalue weighted by Gasteiger charge is -2.26. The van der Waals surface area contributed by atoms with E-state index in [0.29, 0.717) is 18.8 Å². The Morgan fingerprint density at radius 1 is 1.12 bits per heavy atom. The molecule has 0 heterocycles. The molecule has 3 atom stereocenters. The summed E-state index contributed by atoms with van der Waals surface area (Å²) < 4.78 is 5.50. The largest absolute Gasteiger partial charge is 0.480 e. The molecule has 3 unspecified atom stereocenters. The van der Waals surface area contributed by atoms with Crippen LogP contribution in [-0.2, 0) is 9.53 Å². The summed E-state index contributed by atoms with van der Waals surface area (Å²) in [6.45, 7) is 0.248. The number of carbonyl (C=O) groups excluding carboxylic acids is 1. The van der Waals surface area contributed by atoms with E-state index >= 15 is 0 Å². The van der Waals surface area contributed by atoms with Crippen LogP contribution < -0.4 is 5.32 Å². The van der Waals surface area contributed by atoms with Gasteiger partial charge in [-0.05, 0) is 29.9 Å². The maximum Gasteiger partial charge on any atom is 0.408 e. The number of rotatable bonds is 4. The Balaban J connectivity index is 1.46. The van der Waals surface area contributed by atoms with Gasteiger partial charge in [-0.1, -0.05) is 61.4 Å². The van der Waals surface area contributed by atoms with Gasteiger partial charge < -0.3 is 15.2 Å². The van der Waals surface area contributed by atoms with E-state index in [-0.39, 0.29) is 18.4 Å². The van der Waals surface area contributed by atoms with Crippen molar-refractivity contribution in [1.29, 1.82) is 0 Å². The van der Waals surface area contributed by atoms with E-state index in [0.717, 1.165) is 12.8 Å². The molecule has 5 nitrogen and oxygen atoms in total. The minimum Gasteiger partial charge on any atom is -0.480 e. The number of nitrogens with one attached hydrogen (secondary N) is 1. The smallest absolute Gasteiger partial charge is 0.408 e. The van der Waals surface area contributed by atoms with Gasteiger partial charge in [0, 0.05) is 11.8 Å². The number of alkyl carbamates (subject to hydrolysis) is 1. The summed E-state index contributed by atoms with van der Waals surface area (Å²) in [4.78, 5) is 23.9. The second-order valence-corrected chi connectivity index (χ2v) is 7.43. The maximum atomic E-state index is 12.3. The molecular weight excluding hydrogens is 330 g/mol. The Morgan fingerprint density at radius 2 is 1.81 bits per heavy atom. The lowest BCUT2D eigenvalue weighted by molar-refractivity contribution is -0.144. The van der Waals surface area contributed by atoms with Gasteiger partial charge in [0.2, 0.25) is 0 Å². The van der Waals surface area contributed by atoms with Crippen LogP contribution in [0.15, 0.2) is 48.6 Å². The highest BCUT2D eigenvalue weighted by Gasteiger charge is 2.44. The zero-order valence-electron chi connectivity index (χ0n) is 14.6. The van der Waals surface area contributed by atoms with Crippen molar-refractivity contribution in [3.63, 3.8) is 0 Å². The summed E-state index contributed by atoms with van der Waals surface area (Å²) in [6, 6.07) is 8.27. The molecule has 26 heavy (non-hydrogen) atoms. The second kappa shape index (κ2) is 6.63. The van der Waals surface area contributed by atoms with Crippen molar-refractivity contribution in [2.24, 2.45) is 5.92 Å². The molecule has 0 spiro atoms. The van der Waals surface area contributed by atoms with Crippen LogP contribution in [0.4, 0.5) is 4.79 Å². The van der Waals surface area contributed by atoms with Gasteiger partial charge in [0.1, 0.15) is 12.1 Å². The topological polar surface area (TPSA) is 75.6 Å². The summed E-state index contributed by atoms with van der Waals surface area (Å²) >= 11 is 0. The van der Waals surface area contributed by atoms with Crippen molar-refractivity contribution in [2.45, 2.75) is 43.1 Å². The van der Waals surface area contributed by atoms with Crippen LogP contribution in [0.25, 0.3) is 0 Å². The number of hydrogen-bond acceptors (Lipinski definition) is 3. The number of carbonyl (C=O) groups is 2. The molecule has 1 saturated carbocycles. The van der Waals surface area contributed by atoms with E-state index in [1.54, 1.807) is 0 Å². The molecule has 1 aromatic carbocycles. The molecule has 0 aliphatic heterocycles. The van der Waals surface area contributed by atoms with Gasteiger partial charge in [-0.3, -0.25) is 0 Å². The molecular formula is C21H23NO4. The third-order valence-corrected chi connectivity index (χ3v) is 6.00. The van der Waals surface area contributed by atoms with Crippen molar-refractivity contribution in [1.82, 2.24) is 5.32 Å². The van der Waals surface area contributed by atoms with Gasteiger partial charge >= 0.3 is 12.1 Å². The summed E-state index contributed by atoms with van der Waals surface area (Å²) in [5.74, 6) is -0.302. The average Bonchev–Trinajstić information content (AvgIpc) is 3.24. The lowest BCUT2D eigenvalue weighted by Crippen LogP contribution is -2.52. The van der Waals surface area contributed by atoms with Crippen LogP contribution in [0.1, 0.15) is 48.6 Å². The van der Waals surface area contributed by atoms with Crippen molar-refractivity contribution >= 4 is 12.1 Å². The molecule has 0 radical (unpaired) electrons. The molecule has 3 aliphatic carbocycles. The van der Waals surface area contributed by atoms with E-state index in [1.165, 1.54) is 11.1 Å². The number of benzene rings is 1. The average molecular weight is 353 g/mol. The van der Waals surface area contributed by atoms with Gasteiger partial charge in [-0.25, -0.2) is 9.59 Å². The predicted octanol–water partition coefficient (Wildman–Crippen LogP) is 3.73. The Labute approximate surface area is 152 Å². The lowest BCUT2D eigenvalue weighted by atomic mass is 9.84. The van der Waals surface area contributed by atoms with Crippen LogP contribution in [-0.4, -0.2) is 29.3 Å². The first-order chi connectivity index (χ1) is 12.6. The normalized spacial score (nSPS) is 27.6. The maximum absolute atomic E-state index is 12.3. The quantitative estimate of drug-likeness (QED) is 0.865. The molecule has 5 heteroatoms. The summed E-state index contributed by atoms with van der Waals surface area (Å²) in [5.41, 5.74) is 1.32. The summed E-state index contributed by atoms with van der Waals surface area (Å²) in [6.07, 6.45) is 10.4. The Kier molecular flexibility index (Phi) is 4.31. The van der Waals surface area contributed by atoms with E-state index in [9.17, 15) is 14.7 Å². The van der Waals surface area contributed by atoms with Crippen molar-refractivity contribution in [3.8, 4) is 0 Å². The Bertz CT molecular complexity index is 776. The third-order valence-electron chi connectivity index (χ3n) is 6.00. The van der Waals surface area contributed by atoms with E-state index in [2.05, 4.69) is 35.7 Å². The molecule has 3 aliphatic rings. The number of amides is 1. The Hall–Kier alpha value is -2.56. The van der Waals surface area contributed by atoms with E-state index < -0.39 is 17.6 Å². The highest BCUT2D eigenvalue weighted by Crippen LogP contribution is 2.49. The van der Waals surface area contributed by atoms with Gasteiger partial charge in [-0.2, -0.15) is 0 Å². The number of ether oxygens (including phenoxy) is 1. The monoisotopic (exact) mass is 353 g/mol. The summed E-state index contributed by atoms with van der Waals surface area (Å²) in [7, 11) is 0. The molecule has 4 rings (SSSR count). The van der Waals surface area contributed by atoms with Crippen molar-refractivity contribution < 1.29 is 19.4 Å². The number of aliphatic carboxylic acids is 1. The van der Waals surface area contributed by atoms with Gasteiger partial charge in [-0.15, -0.1) is 0 Å². The van der Waals surface area contributed by atoms with Crippen LogP contribution >= 0.6 is 0 Å². The number of allylic oxidation sites excluding steroid dienone is 4. The van der Waals surface area contributed by atoms with Gasteiger partial charge in [0.05, 0.1) is 0 Å². The number of carboxylic acid groups (broad SMARTS) is 1. The molecule has 0 bridgehead atoms. The van der Waals surface area contributed by atoms with Gasteiger partial charge in [0.25, 0.3) is 0 Å². The standard InChI is InChI=1S/C21H23NO4/c23-19(24)21(11-5-6-12-21)22-20(25)26-13-18-16-9-3-1-7-14(16)15-8-2-4-10-17(15)18/h1-4,7-10,14,16,18H,5-6,11-13H2,(H,22,25)(H,23,24). The molecule has 1 aromatic rings. The molecule has 136 valence electrons. The SMILES string of the molecule is O=C(NC1(C(=O)O)CCCC1)OCC1c2ccccc2C2C=CC=CC21. The molecule has 2 N–H and O–H groups in total. The van der Waals surface area contributed by atoms with Crippen LogP contribution in [0, 0.1) is 5.92 Å². The zero-order valence-corrected chi connectivity index (χ0v) is 14.6. The van der Waals surface area contributed by atoms with E-state index in [1.807, 2.05) is 18.2 Å². The highest BCUT2D eigenvalue weighted by atomic mass is 16.5. The minimum atomic E-state index is -1.17. The first-order valence-corrected chi connectivity index (χ1v) is 9.23. The van der Waals surface area contributed by atoms with Gasteiger partial charge in [0.15, 0.2) is 0 Å². The Morgan fingerprint density at radius 3 is 2.54 bits per heavy atom. The van der Waals surface area contributed by atoms with E-state index in [4.69, 9.17) is 4.74 Å². The fourth-order valence-electron chi connectivity index (χ4n) is 4.65. The number of fused-ring (bicyclic) bond motifs is 3. The third kappa shape index (κ3) is 2.81. The van der Waals surface area contributed by atoms with Crippen LogP contribution in [0.5, 0.6) is 0 Å². The number of carboxylic acids is 1.